The van der Waals surface area contributed by atoms with Crippen molar-refractivity contribution in [1.82, 2.24) is 0 Å². The number of esters is 2. The normalized spacial score (nSPS) is 21.1. The Hall–Kier alpha value is -1.32. The summed E-state index contributed by atoms with van der Waals surface area (Å²) in [6.45, 7) is 4.14. The second kappa shape index (κ2) is 5.14. The van der Waals surface area contributed by atoms with Crippen molar-refractivity contribution in [3.05, 3.63) is 11.1 Å². The average Bonchev–Trinajstić information content (AvgIpc) is 2.26. The third-order valence-electron chi connectivity index (χ3n) is 3.29. The zero-order valence-corrected chi connectivity index (χ0v) is 10.2. The maximum absolute atomic E-state index is 11.6. The lowest BCUT2D eigenvalue weighted by atomic mass is 9.70. The van der Waals surface area contributed by atoms with Crippen LogP contribution < -0.4 is 0 Å². The third-order valence-corrected chi connectivity index (χ3v) is 3.29. The van der Waals surface area contributed by atoms with E-state index in [0.717, 1.165) is 6.42 Å². The van der Waals surface area contributed by atoms with E-state index in [2.05, 4.69) is 18.6 Å². The van der Waals surface area contributed by atoms with Gasteiger partial charge in [0.2, 0.25) is 0 Å². The molecule has 1 rings (SSSR count). The highest BCUT2D eigenvalue weighted by molar-refractivity contribution is 6.03. The molecule has 4 heteroatoms. The lowest BCUT2D eigenvalue weighted by Crippen LogP contribution is -2.34. The minimum absolute atomic E-state index is 0.131. The van der Waals surface area contributed by atoms with Gasteiger partial charge in [-0.3, -0.25) is 0 Å². The number of carbonyl (C=O) groups excluding carboxylic acids is 2. The maximum atomic E-state index is 11.6. The first kappa shape index (κ1) is 12.7. The third kappa shape index (κ3) is 2.10. The highest BCUT2D eigenvalue weighted by Gasteiger charge is 2.41. The van der Waals surface area contributed by atoms with Crippen LogP contribution in [0.2, 0.25) is 0 Å². The Morgan fingerprint density at radius 2 is 1.88 bits per heavy atom. The van der Waals surface area contributed by atoms with Gasteiger partial charge in [0.25, 0.3) is 0 Å². The molecule has 0 aromatic rings. The molecular formula is C12H18O4. The van der Waals surface area contributed by atoms with Crippen molar-refractivity contribution in [2.45, 2.75) is 26.7 Å². The minimum Gasteiger partial charge on any atom is -0.466 e. The zero-order chi connectivity index (χ0) is 12.3. The molecule has 0 aliphatic heterocycles. The molecule has 0 fully saturated rings. The topological polar surface area (TPSA) is 52.6 Å². The van der Waals surface area contributed by atoms with Crippen LogP contribution in [0.25, 0.3) is 0 Å². The Morgan fingerprint density at radius 3 is 2.31 bits per heavy atom. The summed E-state index contributed by atoms with van der Waals surface area (Å²) in [6, 6.07) is 0. The highest BCUT2D eigenvalue weighted by atomic mass is 16.5. The van der Waals surface area contributed by atoms with Crippen LogP contribution in [-0.4, -0.2) is 26.2 Å². The Balaban J connectivity index is 2.95. The summed E-state index contributed by atoms with van der Waals surface area (Å²) in [6.07, 6.45) is 1.59. The summed E-state index contributed by atoms with van der Waals surface area (Å²) in [5, 5.41) is 0. The van der Waals surface area contributed by atoms with E-state index in [1.165, 1.54) is 14.2 Å². The zero-order valence-electron chi connectivity index (χ0n) is 10.2. The van der Waals surface area contributed by atoms with E-state index in [0.29, 0.717) is 23.5 Å². The Kier molecular flexibility index (Phi) is 4.10. The molecule has 0 aromatic carbocycles. The van der Waals surface area contributed by atoms with E-state index in [1.807, 2.05) is 0 Å². The molecule has 0 saturated carbocycles. The van der Waals surface area contributed by atoms with Crippen molar-refractivity contribution in [2.75, 3.05) is 14.2 Å². The van der Waals surface area contributed by atoms with Crippen molar-refractivity contribution in [1.29, 1.82) is 0 Å². The van der Waals surface area contributed by atoms with Crippen molar-refractivity contribution in [3.63, 3.8) is 0 Å². The minimum atomic E-state index is -0.417. The van der Waals surface area contributed by atoms with Crippen LogP contribution in [0.1, 0.15) is 26.7 Å². The second-order valence-corrected chi connectivity index (χ2v) is 4.07. The van der Waals surface area contributed by atoms with Gasteiger partial charge in [-0.25, -0.2) is 9.59 Å². The summed E-state index contributed by atoms with van der Waals surface area (Å²) in [7, 11) is 2.65. The second-order valence-electron chi connectivity index (χ2n) is 4.07. The molecule has 0 saturated heterocycles. The smallest absolute Gasteiger partial charge is 0.334 e. The number of ether oxygens (including phenoxy) is 2. The fourth-order valence-corrected chi connectivity index (χ4v) is 2.00. The lowest BCUT2D eigenvalue weighted by molar-refractivity contribution is -0.141. The number of hydrogen-bond donors (Lipinski definition) is 0. The van der Waals surface area contributed by atoms with Crippen LogP contribution in [0.15, 0.2) is 11.1 Å². The Bertz CT molecular complexity index is 330. The van der Waals surface area contributed by atoms with Gasteiger partial charge in [0.15, 0.2) is 0 Å². The van der Waals surface area contributed by atoms with Gasteiger partial charge in [-0.1, -0.05) is 20.3 Å². The van der Waals surface area contributed by atoms with E-state index < -0.39 is 11.9 Å². The first-order valence-corrected chi connectivity index (χ1v) is 5.46. The molecule has 4 nitrogen and oxygen atoms in total. The SMILES string of the molecule is CCC(C)C1CC(C(=O)OC)=C1C(=O)OC. The monoisotopic (exact) mass is 226 g/mol. The van der Waals surface area contributed by atoms with Crippen molar-refractivity contribution in [3.8, 4) is 0 Å². The van der Waals surface area contributed by atoms with Crippen LogP contribution in [0.5, 0.6) is 0 Å². The first-order chi connectivity index (χ1) is 7.56. The summed E-state index contributed by atoms with van der Waals surface area (Å²) in [5.74, 6) is -0.314. The quantitative estimate of drug-likeness (QED) is 0.684. The average molecular weight is 226 g/mol. The summed E-state index contributed by atoms with van der Waals surface area (Å²) < 4.78 is 9.34. The van der Waals surface area contributed by atoms with Gasteiger partial charge in [-0.2, -0.15) is 0 Å². The van der Waals surface area contributed by atoms with Crippen LogP contribution >= 0.6 is 0 Å². The van der Waals surface area contributed by atoms with Crippen LogP contribution in [0, 0.1) is 11.8 Å². The van der Waals surface area contributed by atoms with Crippen molar-refractivity contribution < 1.29 is 19.1 Å². The molecular weight excluding hydrogens is 208 g/mol. The molecule has 0 bridgehead atoms. The molecule has 90 valence electrons. The van der Waals surface area contributed by atoms with E-state index in [9.17, 15) is 9.59 Å². The van der Waals surface area contributed by atoms with E-state index >= 15 is 0 Å². The van der Waals surface area contributed by atoms with Gasteiger partial charge in [-0.15, -0.1) is 0 Å². The first-order valence-electron chi connectivity index (χ1n) is 5.46. The number of methoxy groups -OCH3 is 2. The molecule has 1 aliphatic rings. The summed E-state index contributed by atoms with van der Waals surface area (Å²) >= 11 is 0. The number of carbonyl (C=O) groups is 2. The standard InChI is InChI=1S/C12H18O4/c1-5-7(2)8-6-9(11(13)15-3)10(8)12(14)16-4/h7-8H,5-6H2,1-4H3. The summed E-state index contributed by atoms with van der Waals surface area (Å²) in [4.78, 5) is 23.0. The number of hydrogen-bond acceptors (Lipinski definition) is 4. The lowest BCUT2D eigenvalue weighted by Gasteiger charge is -2.34. The van der Waals surface area contributed by atoms with Crippen molar-refractivity contribution in [2.24, 2.45) is 11.8 Å². The molecule has 16 heavy (non-hydrogen) atoms. The molecule has 2 unspecified atom stereocenters. The van der Waals surface area contributed by atoms with Gasteiger partial charge in [0, 0.05) is 5.57 Å². The largest absolute Gasteiger partial charge is 0.466 e. The molecule has 0 radical (unpaired) electrons. The van der Waals surface area contributed by atoms with Gasteiger partial charge < -0.3 is 9.47 Å². The van der Waals surface area contributed by atoms with E-state index in [-0.39, 0.29) is 5.92 Å². The highest BCUT2D eigenvalue weighted by Crippen LogP contribution is 2.42. The molecule has 0 heterocycles. The fourth-order valence-electron chi connectivity index (χ4n) is 2.00. The van der Waals surface area contributed by atoms with E-state index in [4.69, 9.17) is 4.74 Å². The molecule has 0 aromatic heterocycles. The molecule has 0 amide bonds. The van der Waals surface area contributed by atoms with Gasteiger partial charge >= 0.3 is 11.9 Å². The molecule has 0 N–H and O–H groups in total. The van der Waals surface area contributed by atoms with Gasteiger partial charge in [-0.05, 0) is 18.3 Å². The number of rotatable bonds is 4. The van der Waals surface area contributed by atoms with Crippen LogP contribution in [-0.2, 0) is 19.1 Å². The predicted octanol–water partition coefficient (Wildman–Crippen LogP) is 1.70. The van der Waals surface area contributed by atoms with Crippen LogP contribution in [0.3, 0.4) is 0 Å². The van der Waals surface area contributed by atoms with Gasteiger partial charge in [0.05, 0.1) is 19.8 Å². The van der Waals surface area contributed by atoms with Gasteiger partial charge in [0.1, 0.15) is 0 Å². The fraction of sp³-hybridized carbons (Fsp3) is 0.667. The predicted molar refractivity (Wildman–Crippen MR) is 58.6 cm³/mol. The molecule has 1 aliphatic carbocycles. The molecule has 0 spiro atoms. The Labute approximate surface area is 95.6 Å². The summed E-state index contributed by atoms with van der Waals surface area (Å²) in [5.41, 5.74) is 0.975. The Morgan fingerprint density at radius 1 is 1.31 bits per heavy atom. The van der Waals surface area contributed by atoms with Crippen LogP contribution in [0.4, 0.5) is 0 Å². The van der Waals surface area contributed by atoms with Crippen molar-refractivity contribution >= 4 is 11.9 Å². The molecule has 2 atom stereocenters. The maximum Gasteiger partial charge on any atom is 0.334 e. The van der Waals surface area contributed by atoms with E-state index in [1.54, 1.807) is 0 Å².